The molecule has 0 saturated heterocycles. The Morgan fingerprint density at radius 2 is 2.17 bits per heavy atom. The van der Waals surface area contributed by atoms with E-state index in [1.54, 1.807) is 11.3 Å². The topological polar surface area (TPSA) is 32.3 Å². The first kappa shape index (κ1) is 15.5. The van der Waals surface area contributed by atoms with E-state index < -0.39 is 0 Å². The fourth-order valence-corrected chi connectivity index (χ4v) is 2.68. The molecule has 1 N–H and O–H groups in total. The number of carbonyl (C=O) groups is 1. The van der Waals surface area contributed by atoms with Crippen LogP contribution >= 0.6 is 22.9 Å². The average Bonchev–Trinajstić information content (AvgIpc) is 2.62. The largest absolute Gasteiger partial charge is 0.350 e. The highest BCUT2D eigenvalue weighted by Crippen LogP contribution is 2.22. The van der Waals surface area contributed by atoms with Crippen molar-refractivity contribution in [3.05, 3.63) is 21.3 Å². The van der Waals surface area contributed by atoms with E-state index in [1.165, 1.54) is 4.88 Å². The maximum atomic E-state index is 11.8. The average molecular weight is 289 g/mol. The number of hydrogen-bond acceptors (Lipinski definition) is 3. The summed E-state index contributed by atoms with van der Waals surface area (Å²) in [7, 11) is 1.94. The van der Waals surface area contributed by atoms with E-state index in [0.717, 1.165) is 17.3 Å². The van der Waals surface area contributed by atoms with Gasteiger partial charge >= 0.3 is 0 Å². The van der Waals surface area contributed by atoms with E-state index in [9.17, 15) is 4.79 Å². The molecule has 0 spiro atoms. The lowest BCUT2D eigenvalue weighted by molar-refractivity contribution is -0.123. The standard InChI is InChI=1S/C13H21ClN2OS/c1-5-13(2,3)15-12(17)9-16(4)8-10-6-7-11(14)18-10/h6-7H,5,8-9H2,1-4H3,(H,15,17). The second-order valence-electron chi connectivity index (χ2n) is 5.16. The second kappa shape index (κ2) is 6.55. The van der Waals surface area contributed by atoms with Crippen LogP contribution in [0.4, 0.5) is 0 Å². The van der Waals surface area contributed by atoms with Crippen LogP contribution in [0.1, 0.15) is 32.1 Å². The fraction of sp³-hybridized carbons (Fsp3) is 0.615. The molecular weight excluding hydrogens is 268 g/mol. The van der Waals surface area contributed by atoms with Crippen molar-refractivity contribution >= 4 is 28.8 Å². The van der Waals surface area contributed by atoms with E-state index in [0.29, 0.717) is 6.54 Å². The summed E-state index contributed by atoms with van der Waals surface area (Å²) in [6.45, 7) is 7.28. The lowest BCUT2D eigenvalue weighted by atomic mass is 10.0. The molecule has 0 aliphatic carbocycles. The Kier molecular flexibility index (Phi) is 5.63. The van der Waals surface area contributed by atoms with Crippen LogP contribution < -0.4 is 5.32 Å². The highest BCUT2D eigenvalue weighted by atomic mass is 35.5. The first-order valence-corrected chi connectivity index (χ1v) is 7.25. The summed E-state index contributed by atoms with van der Waals surface area (Å²) in [4.78, 5) is 15.0. The molecule has 0 aliphatic rings. The van der Waals surface area contributed by atoms with Gasteiger partial charge in [0.15, 0.2) is 0 Å². The third-order valence-corrected chi connectivity index (χ3v) is 4.05. The lowest BCUT2D eigenvalue weighted by Crippen LogP contribution is -2.46. The molecule has 0 unspecified atom stereocenters. The second-order valence-corrected chi connectivity index (χ2v) is 6.96. The molecule has 0 atom stereocenters. The van der Waals surface area contributed by atoms with Gasteiger partial charge in [-0.05, 0) is 39.4 Å². The van der Waals surface area contributed by atoms with Crippen molar-refractivity contribution in [1.82, 2.24) is 10.2 Å². The first-order valence-electron chi connectivity index (χ1n) is 6.06. The minimum Gasteiger partial charge on any atom is -0.350 e. The highest BCUT2D eigenvalue weighted by molar-refractivity contribution is 7.16. The van der Waals surface area contributed by atoms with Gasteiger partial charge in [-0.3, -0.25) is 9.69 Å². The fourth-order valence-electron chi connectivity index (χ4n) is 1.51. The molecule has 1 heterocycles. The first-order chi connectivity index (χ1) is 8.32. The molecule has 0 aromatic carbocycles. The van der Waals surface area contributed by atoms with Gasteiger partial charge in [0.1, 0.15) is 0 Å². The molecule has 1 rings (SSSR count). The van der Waals surface area contributed by atoms with Gasteiger partial charge in [0, 0.05) is 17.0 Å². The van der Waals surface area contributed by atoms with Gasteiger partial charge in [-0.1, -0.05) is 18.5 Å². The Morgan fingerprint density at radius 1 is 1.50 bits per heavy atom. The van der Waals surface area contributed by atoms with Crippen LogP contribution in [0.15, 0.2) is 12.1 Å². The molecule has 5 heteroatoms. The molecule has 102 valence electrons. The zero-order valence-electron chi connectivity index (χ0n) is 11.4. The molecule has 0 radical (unpaired) electrons. The number of carbonyl (C=O) groups excluding carboxylic acids is 1. The maximum absolute atomic E-state index is 11.8. The van der Waals surface area contributed by atoms with E-state index in [2.05, 4.69) is 12.2 Å². The summed E-state index contributed by atoms with van der Waals surface area (Å²) < 4.78 is 0.787. The minimum absolute atomic E-state index is 0.0620. The van der Waals surface area contributed by atoms with Crippen LogP contribution in [0.5, 0.6) is 0 Å². The highest BCUT2D eigenvalue weighted by Gasteiger charge is 2.18. The SMILES string of the molecule is CCC(C)(C)NC(=O)CN(C)Cc1ccc(Cl)s1. The van der Waals surface area contributed by atoms with Crippen molar-refractivity contribution in [2.24, 2.45) is 0 Å². The van der Waals surface area contributed by atoms with Gasteiger partial charge in [0.2, 0.25) is 5.91 Å². The van der Waals surface area contributed by atoms with Crippen molar-refractivity contribution in [3.63, 3.8) is 0 Å². The minimum atomic E-state index is -0.135. The molecule has 0 fully saturated rings. The van der Waals surface area contributed by atoms with Crippen LogP contribution in [0.3, 0.4) is 0 Å². The smallest absolute Gasteiger partial charge is 0.234 e. The van der Waals surface area contributed by atoms with E-state index in [-0.39, 0.29) is 11.4 Å². The number of amides is 1. The Balaban J connectivity index is 2.40. The third kappa shape index (κ3) is 5.38. The third-order valence-electron chi connectivity index (χ3n) is 2.83. The Bertz CT molecular complexity index is 403. The Morgan fingerprint density at radius 3 is 2.67 bits per heavy atom. The van der Waals surface area contributed by atoms with E-state index >= 15 is 0 Å². The molecular formula is C13H21ClN2OS. The zero-order chi connectivity index (χ0) is 13.8. The maximum Gasteiger partial charge on any atom is 0.234 e. The van der Waals surface area contributed by atoms with Crippen molar-refractivity contribution in [2.75, 3.05) is 13.6 Å². The number of likely N-dealkylation sites (N-methyl/N-ethyl adjacent to an activating group) is 1. The predicted octanol–water partition coefficient (Wildman–Crippen LogP) is 3.14. The van der Waals surface area contributed by atoms with Crippen molar-refractivity contribution in [1.29, 1.82) is 0 Å². The van der Waals surface area contributed by atoms with Crippen LogP contribution in [-0.2, 0) is 11.3 Å². The van der Waals surface area contributed by atoms with E-state index in [1.807, 2.05) is 37.9 Å². The Hall–Kier alpha value is -0.580. The molecule has 0 aliphatic heterocycles. The summed E-state index contributed by atoms with van der Waals surface area (Å²) in [6, 6.07) is 3.88. The molecule has 0 saturated carbocycles. The molecule has 1 aromatic heterocycles. The lowest BCUT2D eigenvalue weighted by Gasteiger charge is -2.26. The van der Waals surface area contributed by atoms with Gasteiger partial charge in [-0.25, -0.2) is 0 Å². The number of halogens is 1. The summed E-state index contributed by atoms with van der Waals surface area (Å²) in [5.74, 6) is 0.0620. The van der Waals surface area contributed by atoms with Gasteiger partial charge in [0.05, 0.1) is 10.9 Å². The monoisotopic (exact) mass is 288 g/mol. The number of nitrogens with one attached hydrogen (secondary N) is 1. The van der Waals surface area contributed by atoms with Crippen molar-refractivity contribution in [2.45, 2.75) is 39.3 Å². The normalized spacial score (nSPS) is 11.9. The van der Waals surface area contributed by atoms with Crippen molar-refractivity contribution < 1.29 is 4.79 Å². The summed E-state index contributed by atoms with van der Waals surface area (Å²) in [6.07, 6.45) is 0.920. The quantitative estimate of drug-likeness (QED) is 0.872. The van der Waals surface area contributed by atoms with E-state index in [4.69, 9.17) is 11.6 Å². The summed E-state index contributed by atoms with van der Waals surface area (Å²) in [5, 5.41) is 3.02. The predicted molar refractivity (Wildman–Crippen MR) is 78.2 cm³/mol. The number of nitrogens with zero attached hydrogens (tertiary/aromatic N) is 1. The van der Waals surface area contributed by atoms with Crippen LogP contribution in [0.25, 0.3) is 0 Å². The summed E-state index contributed by atoms with van der Waals surface area (Å²) >= 11 is 7.43. The van der Waals surface area contributed by atoms with Crippen LogP contribution in [0, 0.1) is 0 Å². The van der Waals surface area contributed by atoms with Crippen LogP contribution in [0.2, 0.25) is 4.34 Å². The molecule has 1 aromatic rings. The molecule has 18 heavy (non-hydrogen) atoms. The van der Waals surface area contributed by atoms with Gasteiger partial charge in [0.25, 0.3) is 0 Å². The molecule has 3 nitrogen and oxygen atoms in total. The Labute approximate surface area is 118 Å². The molecule has 1 amide bonds. The van der Waals surface area contributed by atoms with Crippen LogP contribution in [-0.4, -0.2) is 29.9 Å². The number of rotatable bonds is 6. The van der Waals surface area contributed by atoms with Crippen molar-refractivity contribution in [3.8, 4) is 0 Å². The van der Waals surface area contributed by atoms with Gasteiger partial charge in [-0.15, -0.1) is 11.3 Å². The van der Waals surface area contributed by atoms with Gasteiger partial charge < -0.3 is 5.32 Å². The van der Waals surface area contributed by atoms with Gasteiger partial charge in [-0.2, -0.15) is 0 Å². The zero-order valence-corrected chi connectivity index (χ0v) is 13.0. The number of thiophene rings is 1. The summed E-state index contributed by atoms with van der Waals surface area (Å²) in [5.41, 5.74) is -0.135. The number of hydrogen-bond donors (Lipinski definition) is 1. The molecule has 0 bridgehead atoms.